The van der Waals surface area contributed by atoms with Crippen molar-refractivity contribution in [3.8, 4) is 0 Å². The molecule has 0 aliphatic carbocycles. The number of thioether (sulfide) groups is 1. The molecular weight excluding hydrogens is 374 g/mol. The van der Waals surface area contributed by atoms with Gasteiger partial charge in [0.05, 0.1) is 17.0 Å². The third-order valence-corrected chi connectivity index (χ3v) is 5.90. The first-order chi connectivity index (χ1) is 11.7. The van der Waals surface area contributed by atoms with Crippen LogP contribution in [0.15, 0.2) is 24.3 Å². The van der Waals surface area contributed by atoms with Gasteiger partial charge in [-0.3, -0.25) is 10.1 Å². The van der Waals surface area contributed by atoms with Crippen molar-refractivity contribution in [2.75, 3.05) is 13.1 Å². The van der Waals surface area contributed by atoms with Crippen LogP contribution in [0.2, 0.25) is 0 Å². The molecule has 2 atom stereocenters. The lowest BCUT2D eigenvalue weighted by Crippen LogP contribution is -2.57. The number of hydrogen-bond donors (Lipinski definition) is 3. The minimum Gasteiger partial charge on any atom is -0.383 e. The van der Waals surface area contributed by atoms with Gasteiger partial charge >= 0.3 is 0 Å². The van der Waals surface area contributed by atoms with E-state index in [-0.39, 0.29) is 30.6 Å². The zero-order chi connectivity index (χ0) is 18.6. The van der Waals surface area contributed by atoms with Crippen LogP contribution in [0.3, 0.4) is 0 Å². The Labute approximate surface area is 149 Å². The lowest BCUT2D eigenvalue weighted by molar-refractivity contribution is -0.384. The number of aliphatic hydroxyl groups excluding tert-OH is 2. The van der Waals surface area contributed by atoms with Crippen LogP contribution in [0.25, 0.3) is 0 Å². The Morgan fingerprint density at radius 3 is 2.52 bits per heavy atom. The van der Waals surface area contributed by atoms with E-state index in [0.29, 0.717) is 5.56 Å². The highest BCUT2D eigenvalue weighted by Gasteiger charge is 2.37. The van der Waals surface area contributed by atoms with Crippen LogP contribution < -0.4 is 4.72 Å². The number of nitro groups is 1. The molecule has 1 fully saturated rings. The van der Waals surface area contributed by atoms with E-state index in [1.54, 1.807) is 6.92 Å². The molecule has 0 radical (unpaired) electrons. The van der Waals surface area contributed by atoms with Crippen LogP contribution in [0, 0.1) is 10.1 Å². The summed E-state index contributed by atoms with van der Waals surface area (Å²) in [6.45, 7) is 1.96. The second-order valence-corrected chi connectivity index (χ2v) is 8.71. The quantitative estimate of drug-likeness (QED) is 0.302. The summed E-state index contributed by atoms with van der Waals surface area (Å²) in [4.78, 5) is 10.0. The summed E-state index contributed by atoms with van der Waals surface area (Å²) >= 11 is 1.27. The van der Waals surface area contributed by atoms with Gasteiger partial charge in [-0.2, -0.15) is 17.4 Å². The van der Waals surface area contributed by atoms with E-state index in [2.05, 4.69) is 0 Å². The summed E-state index contributed by atoms with van der Waals surface area (Å²) in [6, 6.07) is 5.48. The highest BCUT2D eigenvalue weighted by Crippen LogP contribution is 2.26. The monoisotopic (exact) mass is 393 g/mol. The van der Waals surface area contributed by atoms with Crippen molar-refractivity contribution in [3.63, 3.8) is 0 Å². The van der Waals surface area contributed by atoms with Gasteiger partial charge in [0.1, 0.15) is 0 Å². The number of nitrogens with one attached hydrogen (secondary N) is 1. The first-order valence-electron chi connectivity index (χ1n) is 7.31. The lowest BCUT2D eigenvalue weighted by Gasteiger charge is -2.38. The summed E-state index contributed by atoms with van der Waals surface area (Å²) in [6.07, 6.45) is -1.75. The molecule has 3 N–H and O–H groups in total. The first kappa shape index (κ1) is 20.0. The van der Waals surface area contributed by atoms with Gasteiger partial charge in [-0.25, -0.2) is 0 Å². The fourth-order valence-corrected chi connectivity index (χ4v) is 4.59. The smallest absolute Gasteiger partial charge is 0.283 e. The molecule has 12 heteroatoms. The van der Waals surface area contributed by atoms with Crippen LogP contribution in [0.1, 0.15) is 12.5 Å². The fraction of sp³-hybridized carbons (Fsp3) is 0.538. The number of rotatable bonds is 9. The van der Waals surface area contributed by atoms with Gasteiger partial charge in [0, 0.05) is 30.5 Å². The molecule has 25 heavy (non-hydrogen) atoms. The minimum atomic E-state index is -3.89. The molecule has 0 bridgehead atoms. The number of benzene rings is 1. The van der Waals surface area contributed by atoms with E-state index in [9.17, 15) is 28.7 Å². The summed E-state index contributed by atoms with van der Waals surface area (Å²) < 4.78 is 32.1. The first-order valence-corrected chi connectivity index (χ1v) is 9.69. The summed E-state index contributed by atoms with van der Waals surface area (Å²) in [7, 11) is -3.89. The van der Waals surface area contributed by atoms with Gasteiger partial charge in [-0.15, -0.1) is 11.8 Å². The maximum atomic E-state index is 12.0. The van der Waals surface area contributed by atoms with Crippen molar-refractivity contribution in [1.29, 1.82) is 0 Å². The van der Waals surface area contributed by atoms with Crippen molar-refractivity contribution < 1.29 is 28.3 Å². The molecule has 2 unspecified atom stereocenters. The fourth-order valence-electron chi connectivity index (χ4n) is 2.09. The SMILES string of the molecule is CC(O)SC1CN(S(=O)(=O)NC(O)OCc2ccc([N+](=O)[O-])cc2)C1. The van der Waals surface area contributed by atoms with E-state index in [0.717, 1.165) is 4.31 Å². The molecule has 1 saturated heterocycles. The number of hydrogen-bond acceptors (Lipinski definition) is 8. The van der Waals surface area contributed by atoms with Gasteiger partial charge in [-0.1, -0.05) is 0 Å². The molecule has 10 nitrogen and oxygen atoms in total. The number of non-ortho nitro benzene ring substituents is 1. The minimum absolute atomic E-state index is 0.00902. The van der Waals surface area contributed by atoms with E-state index >= 15 is 0 Å². The average Bonchev–Trinajstić information content (AvgIpc) is 2.48. The maximum absolute atomic E-state index is 12.0. The van der Waals surface area contributed by atoms with Crippen LogP contribution in [-0.2, 0) is 21.6 Å². The predicted molar refractivity (Wildman–Crippen MR) is 90.6 cm³/mol. The number of nitrogens with zero attached hydrogens (tertiary/aromatic N) is 2. The number of ether oxygens (including phenoxy) is 1. The summed E-state index contributed by atoms with van der Waals surface area (Å²) in [5, 5.41) is 29.5. The van der Waals surface area contributed by atoms with Crippen LogP contribution in [0.5, 0.6) is 0 Å². The highest BCUT2D eigenvalue weighted by molar-refractivity contribution is 8.00. The molecule has 0 saturated carbocycles. The van der Waals surface area contributed by atoms with Gasteiger partial charge in [0.15, 0.2) is 0 Å². The second kappa shape index (κ2) is 8.40. The van der Waals surface area contributed by atoms with Crippen LogP contribution in [-0.4, -0.2) is 58.0 Å². The maximum Gasteiger partial charge on any atom is 0.283 e. The molecule has 0 amide bonds. The van der Waals surface area contributed by atoms with E-state index in [1.807, 2.05) is 4.72 Å². The average molecular weight is 393 g/mol. The highest BCUT2D eigenvalue weighted by atomic mass is 32.2. The zero-order valence-electron chi connectivity index (χ0n) is 13.3. The second-order valence-electron chi connectivity index (χ2n) is 5.38. The van der Waals surface area contributed by atoms with Crippen molar-refractivity contribution in [3.05, 3.63) is 39.9 Å². The normalized spacial score (nSPS) is 18.5. The Balaban J connectivity index is 1.77. The van der Waals surface area contributed by atoms with Gasteiger partial charge < -0.3 is 14.9 Å². The van der Waals surface area contributed by atoms with E-state index < -0.39 is 27.0 Å². The molecule has 1 aromatic rings. The van der Waals surface area contributed by atoms with Crippen molar-refractivity contribution in [1.82, 2.24) is 9.03 Å². The third-order valence-electron chi connectivity index (χ3n) is 3.35. The largest absolute Gasteiger partial charge is 0.383 e. The Bertz CT molecular complexity index is 690. The van der Waals surface area contributed by atoms with Crippen molar-refractivity contribution in [2.24, 2.45) is 0 Å². The summed E-state index contributed by atoms with van der Waals surface area (Å²) in [5.74, 6) is 0. The Morgan fingerprint density at radius 1 is 1.40 bits per heavy atom. The topological polar surface area (TPSA) is 142 Å². The Hall–Kier alpha value is -1.28. The molecule has 1 aliphatic heterocycles. The summed E-state index contributed by atoms with van der Waals surface area (Å²) in [5.41, 5.74) is -0.105. The third kappa shape index (κ3) is 5.88. The van der Waals surface area contributed by atoms with Crippen LogP contribution in [0.4, 0.5) is 5.69 Å². The van der Waals surface area contributed by atoms with Gasteiger partial charge in [0.2, 0.25) is 6.41 Å². The lowest BCUT2D eigenvalue weighted by atomic mass is 10.2. The predicted octanol–water partition coefficient (Wildman–Crippen LogP) is -0.0226. The molecule has 1 heterocycles. The Kier molecular flexibility index (Phi) is 6.73. The molecule has 0 spiro atoms. The molecule has 0 aromatic heterocycles. The number of aliphatic hydroxyl groups is 2. The van der Waals surface area contributed by atoms with E-state index in [4.69, 9.17) is 4.74 Å². The molecule has 1 aromatic carbocycles. The number of nitro benzene ring substituents is 1. The van der Waals surface area contributed by atoms with Crippen LogP contribution >= 0.6 is 11.8 Å². The standard InChI is InChI=1S/C13H19N3O7S2/c1-9(17)24-12-6-15(7-12)25(21,22)14-13(18)23-8-10-2-4-11(5-3-10)16(19)20/h2-5,9,12-14,17-18H,6-8H2,1H3. The van der Waals surface area contributed by atoms with Crippen molar-refractivity contribution >= 4 is 27.7 Å². The molecule has 140 valence electrons. The van der Waals surface area contributed by atoms with Gasteiger partial charge in [0.25, 0.3) is 15.9 Å². The molecule has 2 rings (SSSR count). The van der Waals surface area contributed by atoms with Gasteiger partial charge in [-0.05, 0) is 24.6 Å². The van der Waals surface area contributed by atoms with Crippen molar-refractivity contribution in [2.45, 2.75) is 30.6 Å². The van der Waals surface area contributed by atoms with E-state index in [1.165, 1.54) is 36.0 Å². The Morgan fingerprint density at radius 2 is 2.00 bits per heavy atom. The molecule has 1 aliphatic rings. The molecular formula is C13H19N3O7S2. The zero-order valence-corrected chi connectivity index (χ0v) is 14.9.